The molecule has 0 saturated carbocycles. The summed E-state index contributed by atoms with van der Waals surface area (Å²) < 4.78 is 0. The van der Waals surface area contributed by atoms with E-state index in [0.717, 1.165) is 23.2 Å². The molecular formula is C12H14Cl2N2S. The number of halogens is 2. The summed E-state index contributed by atoms with van der Waals surface area (Å²) in [5, 5.41) is 5.42. The van der Waals surface area contributed by atoms with Crippen molar-refractivity contribution in [1.29, 1.82) is 0 Å². The van der Waals surface area contributed by atoms with Gasteiger partial charge in [0.25, 0.3) is 0 Å². The molecule has 1 aliphatic heterocycles. The third-order valence-electron chi connectivity index (χ3n) is 2.42. The lowest BCUT2D eigenvalue weighted by atomic mass is 9.97. The third-order valence-corrected chi connectivity index (χ3v) is 4.40. The molecule has 0 aliphatic carbocycles. The van der Waals surface area contributed by atoms with Crippen molar-refractivity contribution in [3.05, 3.63) is 28.2 Å². The van der Waals surface area contributed by atoms with E-state index in [4.69, 9.17) is 23.2 Å². The molecule has 0 atom stereocenters. The van der Waals surface area contributed by atoms with Gasteiger partial charge >= 0.3 is 0 Å². The van der Waals surface area contributed by atoms with Crippen molar-refractivity contribution in [2.24, 2.45) is 10.4 Å². The van der Waals surface area contributed by atoms with Gasteiger partial charge < -0.3 is 5.32 Å². The Morgan fingerprint density at radius 3 is 2.71 bits per heavy atom. The van der Waals surface area contributed by atoms with Gasteiger partial charge in [0.1, 0.15) is 0 Å². The van der Waals surface area contributed by atoms with E-state index in [0.29, 0.717) is 10.0 Å². The Kier molecular flexibility index (Phi) is 3.91. The van der Waals surface area contributed by atoms with Crippen molar-refractivity contribution >= 4 is 45.8 Å². The molecule has 2 rings (SSSR count). The average Bonchev–Trinajstić information content (AvgIpc) is 2.25. The quantitative estimate of drug-likeness (QED) is 0.821. The van der Waals surface area contributed by atoms with E-state index < -0.39 is 0 Å². The van der Waals surface area contributed by atoms with E-state index in [1.54, 1.807) is 17.8 Å². The summed E-state index contributed by atoms with van der Waals surface area (Å²) in [6.07, 6.45) is 0. The van der Waals surface area contributed by atoms with Crippen LogP contribution in [0.15, 0.2) is 23.2 Å². The molecule has 1 aromatic carbocycles. The van der Waals surface area contributed by atoms with Crippen LogP contribution in [0.3, 0.4) is 0 Å². The van der Waals surface area contributed by atoms with Gasteiger partial charge in [-0.15, -0.1) is 0 Å². The van der Waals surface area contributed by atoms with Gasteiger partial charge in [-0.3, -0.25) is 4.99 Å². The smallest absolute Gasteiger partial charge is 0.161 e. The van der Waals surface area contributed by atoms with Crippen molar-refractivity contribution in [2.75, 3.05) is 17.6 Å². The Morgan fingerprint density at radius 1 is 1.35 bits per heavy atom. The molecule has 0 spiro atoms. The lowest BCUT2D eigenvalue weighted by Gasteiger charge is -2.27. The summed E-state index contributed by atoms with van der Waals surface area (Å²) >= 11 is 13.7. The molecule has 0 bridgehead atoms. The first-order valence-electron chi connectivity index (χ1n) is 5.36. The maximum atomic E-state index is 6.09. The zero-order chi connectivity index (χ0) is 12.5. The molecular weight excluding hydrogens is 275 g/mol. The van der Waals surface area contributed by atoms with Gasteiger partial charge in [-0.05, 0) is 23.6 Å². The first-order chi connectivity index (χ1) is 7.96. The van der Waals surface area contributed by atoms with Crippen molar-refractivity contribution < 1.29 is 0 Å². The molecule has 0 amide bonds. The number of benzene rings is 1. The topological polar surface area (TPSA) is 24.4 Å². The summed E-state index contributed by atoms with van der Waals surface area (Å²) in [4.78, 5) is 4.52. The molecule has 5 heteroatoms. The lowest BCUT2D eigenvalue weighted by Crippen LogP contribution is -2.27. The van der Waals surface area contributed by atoms with Crippen LogP contribution in [-0.2, 0) is 0 Å². The highest BCUT2D eigenvalue weighted by atomic mass is 35.5. The molecule has 0 unspecified atom stereocenters. The highest BCUT2D eigenvalue weighted by Gasteiger charge is 2.23. The molecule has 1 heterocycles. The average molecular weight is 289 g/mol. The van der Waals surface area contributed by atoms with Crippen LogP contribution in [0.5, 0.6) is 0 Å². The van der Waals surface area contributed by atoms with Gasteiger partial charge in [0.15, 0.2) is 5.17 Å². The van der Waals surface area contributed by atoms with Crippen LogP contribution in [-0.4, -0.2) is 17.5 Å². The maximum Gasteiger partial charge on any atom is 0.161 e. The molecule has 1 aliphatic rings. The lowest BCUT2D eigenvalue weighted by molar-refractivity contribution is 0.438. The zero-order valence-corrected chi connectivity index (χ0v) is 12.1. The number of hydrogen-bond donors (Lipinski definition) is 1. The predicted octanol–water partition coefficient (Wildman–Crippen LogP) is 4.53. The minimum atomic E-state index is 0.277. The summed E-state index contributed by atoms with van der Waals surface area (Å²) in [6.45, 7) is 5.28. The second kappa shape index (κ2) is 5.09. The molecule has 1 aromatic rings. The van der Waals surface area contributed by atoms with Crippen LogP contribution in [0, 0.1) is 5.41 Å². The van der Waals surface area contributed by atoms with Gasteiger partial charge in [0.05, 0.1) is 10.7 Å². The number of hydrogen-bond acceptors (Lipinski definition) is 3. The highest BCUT2D eigenvalue weighted by molar-refractivity contribution is 8.14. The van der Waals surface area contributed by atoms with Crippen LogP contribution in [0.25, 0.3) is 0 Å². The largest absolute Gasteiger partial charge is 0.334 e. The monoisotopic (exact) mass is 288 g/mol. The fourth-order valence-electron chi connectivity index (χ4n) is 1.42. The van der Waals surface area contributed by atoms with Crippen molar-refractivity contribution in [3.63, 3.8) is 0 Å². The number of rotatable bonds is 1. The summed E-state index contributed by atoms with van der Waals surface area (Å²) in [5.41, 5.74) is 1.13. The number of amidine groups is 1. The van der Waals surface area contributed by atoms with Crippen LogP contribution in [0.1, 0.15) is 13.8 Å². The second-order valence-corrected chi connectivity index (χ2v) is 6.63. The maximum absolute atomic E-state index is 6.09. The summed E-state index contributed by atoms with van der Waals surface area (Å²) in [6, 6.07) is 5.41. The van der Waals surface area contributed by atoms with E-state index in [1.807, 2.05) is 12.1 Å². The number of anilines is 1. The van der Waals surface area contributed by atoms with Gasteiger partial charge in [-0.1, -0.05) is 48.8 Å². The Balaban J connectivity index is 2.09. The van der Waals surface area contributed by atoms with Crippen molar-refractivity contribution in [2.45, 2.75) is 13.8 Å². The Bertz CT molecular complexity index is 458. The van der Waals surface area contributed by atoms with Crippen LogP contribution < -0.4 is 5.32 Å². The number of nitrogens with zero attached hydrogens (tertiary/aromatic N) is 1. The SMILES string of the molecule is CC1(C)CN=C(Nc2ccc(Cl)cc2Cl)SC1. The molecule has 2 nitrogen and oxygen atoms in total. The first-order valence-corrected chi connectivity index (χ1v) is 7.10. The molecule has 92 valence electrons. The Morgan fingerprint density at radius 2 is 2.12 bits per heavy atom. The summed E-state index contributed by atoms with van der Waals surface area (Å²) in [7, 11) is 0. The molecule has 1 N–H and O–H groups in total. The predicted molar refractivity (Wildman–Crippen MR) is 78.6 cm³/mol. The van der Waals surface area contributed by atoms with Gasteiger partial charge in [0, 0.05) is 17.3 Å². The van der Waals surface area contributed by atoms with Crippen LogP contribution in [0.2, 0.25) is 10.0 Å². The molecule has 0 saturated heterocycles. The molecule has 0 aromatic heterocycles. The Hall–Kier alpha value is -0.380. The molecule has 17 heavy (non-hydrogen) atoms. The van der Waals surface area contributed by atoms with Crippen molar-refractivity contribution in [1.82, 2.24) is 0 Å². The standard InChI is InChI=1S/C12H14Cl2N2S/c1-12(2)6-15-11(17-7-12)16-10-4-3-8(13)5-9(10)14/h3-5H,6-7H2,1-2H3,(H,15,16). The Labute approximate surface area is 116 Å². The van der Waals surface area contributed by atoms with E-state index >= 15 is 0 Å². The van der Waals surface area contributed by atoms with Gasteiger partial charge in [-0.2, -0.15) is 0 Å². The fraction of sp³-hybridized carbons (Fsp3) is 0.417. The summed E-state index contributed by atoms with van der Waals surface area (Å²) in [5.74, 6) is 1.06. The number of aliphatic imine (C=N–C) groups is 1. The molecule has 0 fully saturated rings. The van der Waals surface area contributed by atoms with Crippen LogP contribution in [0.4, 0.5) is 5.69 Å². The number of nitrogens with one attached hydrogen (secondary N) is 1. The second-order valence-electron chi connectivity index (χ2n) is 4.82. The van der Waals surface area contributed by atoms with Crippen molar-refractivity contribution in [3.8, 4) is 0 Å². The van der Waals surface area contributed by atoms with Gasteiger partial charge in [-0.25, -0.2) is 0 Å². The minimum Gasteiger partial charge on any atom is -0.334 e. The third kappa shape index (κ3) is 3.54. The van der Waals surface area contributed by atoms with E-state index in [1.165, 1.54) is 0 Å². The first kappa shape index (κ1) is 13.1. The van der Waals surface area contributed by atoms with Gasteiger partial charge in [0.2, 0.25) is 0 Å². The van der Waals surface area contributed by atoms with Crippen LogP contribution >= 0.6 is 35.0 Å². The van der Waals surface area contributed by atoms with E-state index in [-0.39, 0.29) is 5.41 Å². The normalized spacial score (nSPS) is 18.7. The van der Waals surface area contributed by atoms with E-state index in [2.05, 4.69) is 24.2 Å². The zero-order valence-electron chi connectivity index (χ0n) is 9.76. The highest BCUT2D eigenvalue weighted by Crippen LogP contribution is 2.31. The number of thioether (sulfide) groups is 1. The molecule has 0 radical (unpaired) electrons. The minimum absolute atomic E-state index is 0.277. The van der Waals surface area contributed by atoms with E-state index in [9.17, 15) is 0 Å². The fourth-order valence-corrected chi connectivity index (χ4v) is 2.83.